The van der Waals surface area contributed by atoms with E-state index in [1.165, 1.54) is 6.08 Å². The Morgan fingerprint density at radius 3 is 2.38 bits per heavy atom. The zero-order valence-electron chi connectivity index (χ0n) is 12.8. The van der Waals surface area contributed by atoms with Gasteiger partial charge in [-0.3, -0.25) is 4.79 Å². The minimum atomic E-state index is -1.35. The third-order valence-corrected chi connectivity index (χ3v) is 4.30. The molecular weight excluding hydrogens is 388 g/mol. The highest BCUT2D eigenvalue weighted by atomic mass is 79.9. The van der Waals surface area contributed by atoms with Crippen molar-refractivity contribution in [1.82, 2.24) is 10.0 Å². The Hall–Kier alpha value is -2.02. The Morgan fingerprint density at radius 2 is 1.67 bits per heavy atom. The van der Waals surface area contributed by atoms with Crippen molar-refractivity contribution < 1.29 is 9.00 Å². The van der Waals surface area contributed by atoms with Crippen LogP contribution in [0.5, 0.6) is 0 Å². The molecule has 4 nitrogen and oxygen atoms in total. The quantitative estimate of drug-likeness (QED) is 0.548. The summed E-state index contributed by atoms with van der Waals surface area (Å²) in [5.41, 5.74) is 1.89. The minimum absolute atomic E-state index is 0.120. The molecule has 2 rings (SSSR count). The molecule has 124 valence electrons. The molecule has 0 radical (unpaired) electrons. The summed E-state index contributed by atoms with van der Waals surface area (Å²) in [6.07, 6.45) is 4.92. The first-order valence-corrected chi connectivity index (χ1v) is 9.23. The van der Waals surface area contributed by atoms with Gasteiger partial charge in [0.05, 0.1) is 6.67 Å². The molecule has 0 aromatic heterocycles. The van der Waals surface area contributed by atoms with E-state index in [1.807, 2.05) is 54.6 Å². The van der Waals surface area contributed by atoms with Crippen LogP contribution in [0, 0.1) is 0 Å². The van der Waals surface area contributed by atoms with E-state index in [0.29, 0.717) is 0 Å². The van der Waals surface area contributed by atoms with Crippen molar-refractivity contribution in [2.75, 3.05) is 6.67 Å². The normalized spacial score (nSPS) is 12.5. The summed E-state index contributed by atoms with van der Waals surface area (Å²) < 4.78 is 15.4. The Balaban J connectivity index is 1.71. The number of halogens is 1. The molecule has 2 aromatic rings. The molecule has 24 heavy (non-hydrogen) atoms. The van der Waals surface area contributed by atoms with Crippen molar-refractivity contribution >= 4 is 45.0 Å². The summed E-state index contributed by atoms with van der Waals surface area (Å²) in [6, 6.07) is 17.2. The summed E-state index contributed by atoms with van der Waals surface area (Å²) in [6.45, 7) is 0.120. The summed E-state index contributed by atoms with van der Waals surface area (Å²) in [5.74, 6) is -0.255. The van der Waals surface area contributed by atoms with Gasteiger partial charge in [0.25, 0.3) is 0 Å². The molecular formula is C18H17BrN2O2S. The SMILES string of the molecule is O=C(/C=C/c1ccc(Br)cc1)NCNS(=O)/C=C/c1ccccc1. The molecule has 2 aromatic carbocycles. The van der Waals surface area contributed by atoms with Crippen LogP contribution in [0.15, 0.2) is 70.6 Å². The van der Waals surface area contributed by atoms with Crippen LogP contribution in [-0.2, 0) is 15.8 Å². The fraction of sp³-hybridized carbons (Fsp3) is 0.0556. The fourth-order valence-corrected chi connectivity index (χ4v) is 2.61. The number of carbonyl (C=O) groups is 1. The van der Waals surface area contributed by atoms with Gasteiger partial charge < -0.3 is 5.32 Å². The third kappa shape index (κ3) is 7.04. The third-order valence-electron chi connectivity index (χ3n) is 2.96. The van der Waals surface area contributed by atoms with E-state index in [1.54, 1.807) is 17.6 Å². The van der Waals surface area contributed by atoms with Crippen molar-refractivity contribution in [3.05, 3.63) is 81.7 Å². The van der Waals surface area contributed by atoms with Crippen molar-refractivity contribution in [2.45, 2.75) is 0 Å². The van der Waals surface area contributed by atoms with Crippen LogP contribution in [-0.4, -0.2) is 16.8 Å². The second-order valence-corrected chi connectivity index (χ2v) is 6.83. The molecule has 1 atom stereocenters. The van der Waals surface area contributed by atoms with Crippen LogP contribution in [0.25, 0.3) is 12.2 Å². The molecule has 1 unspecified atom stereocenters. The fourth-order valence-electron chi connectivity index (χ4n) is 1.75. The monoisotopic (exact) mass is 404 g/mol. The van der Waals surface area contributed by atoms with Crippen LogP contribution < -0.4 is 10.0 Å². The van der Waals surface area contributed by atoms with E-state index in [0.717, 1.165) is 15.6 Å². The van der Waals surface area contributed by atoms with Gasteiger partial charge in [-0.2, -0.15) is 0 Å². The van der Waals surface area contributed by atoms with E-state index in [9.17, 15) is 9.00 Å². The predicted molar refractivity (Wildman–Crippen MR) is 103 cm³/mol. The van der Waals surface area contributed by atoms with E-state index < -0.39 is 11.0 Å². The summed E-state index contributed by atoms with van der Waals surface area (Å²) >= 11 is 3.35. The first-order valence-electron chi connectivity index (χ1n) is 7.22. The van der Waals surface area contributed by atoms with E-state index >= 15 is 0 Å². The second kappa shape index (κ2) is 9.97. The van der Waals surface area contributed by atoms with Gasteiger partial charge in [-0.05, 0) is 35.4 Å². The molecule has 1 amide bonds. The van der Waals surface area contributed by atoms with Gasteiger partial charge in [0.1, 0.15) is 11.0 Å². The van der Waals surface area contributed by atoms with Gasteiger partial charge in [-0.25, -0.2) is 8.93 Å². The topological polar surface area (TPSA) is 58.2 Å². The zero-order chi connectivity index (χ0) is 17.2. The first-order chi connectivity index (χ1) is 11.6. The number of benzene rings is 2. The Labute approximate surface area is 152 Å². The van der Waals surface area contributed by atoms with Crippen LogP contribution in [0.4, 0.5) is 0 Å². The number of nitrogens with one attached hydrogen (secondary N) is 2. The highest BCUT2D eigenvalue weighted by Gasteiger charge is 1.97. The maximum absolute atomic E-state index is 11.7. The molecule has 0 aliphatic carbocycles. The zero-order valence-corrected chi connectivity index (χ0v) is 15.2. The van der Waals surface area contributed by atoms with Gasteiger partial charge in [0, 0.05) is 16.0 Å². The number of hydrogen-bond acceptors (Lipinski definition) is 2. The average molecular weight is 405 g/mol. The van der Waals surface area contributed by atoms with Gasteiger partial charge in [0.2, 0.25) is 5.91 Å². The molecule has 0 bridgehead atoms. The van der Waals surface area contributed by atoms with E-state index in [-0.39, 0.29) is 12.6 Å². The molecule has 0 fully saturated rings. The van der Waals surface area contributed by atoms with Gasteiger partial charge in [-0.15, -0.1) is 0 Å². The van der Waals surface area contributed by atoms with Crippen molar-refractivity contribution in [3.63, 3.8) is 0 Å². The summed E-state index contributed by atoms with van der Waals surface area (Å²) in [4.78, 5) is 11.7. The number of amides is 1. The molecule has 0 saturated heterocycles. The highest BCUT2D eigenvalue weighted by molar-refractivity contribution is 9.10. The van der Waals surface area contributed by atoms with Crippen molar-refractivity contribution in [3.8, 4) is 0 Å². The molecule has 0 saturated carbocycles. The smallest absolute Gasteiger partial charge is 0.245 e. The summed E-state index contributed by atoms with van der Waals surface area (Å²) in [7, 11) is -1.35. The average Bonchev–Trinajstić information content (AvgIpc) is 2.60. The number of hydrogen-bond donors (Lipinski definition) is 2. The largest absolute Gasteiger partial charge is 0.339 e. The van der Waals surface area contributed by atoms with Gasteiger partial charge >= 0.3 is 0 Å². The maximum Gasteiger partial charge on any atom is 0.245 e. The lowest BCUT2D eigenvalue weighted by Crippen LogP contribution is -2.33. The highest BCUT2D eigenvalue weighted by Crippen LogP contribution is 2.11. The van der Waals surface area contributed by atoms with Crippen molar-refractivity contribution in [1.29, 1.82) is 0 Å². The lowest BCUT2D eigenvalue weighted by atomic mass is 10.2. The van der Waals surface area contributed by atoms with Crippen LogP contribution in [0.3, 0.4) is 0 Å². The molecule has 0 spiro atoms. The van der Waals surface area contributed by atoms with E-state index in [2.05, 4.69) is 26.0 Å². The number of rotatable bonds is 7. The van der Waals surface area contributed by atoms with Crippen LogP contribution in [0.1, 0.15) is 11.1 Å². The van der Waals surface area contributed by atoms with Gasteiger partial charge in [0.15, 0.2) is 0 Å². The molecule has 6 heteroatoms. The molecule has 0 heterocycles. The van der Waals surface area contributed by atoms with Crippen LogP contribution in [0.2, 0.25) is 0 Å². The van der Waals surface area contributed by atoms with E-state index in [4.69, 9.17) is 0 Å². The maximum atomic E-state index is 11.7. The number of carbonyl (C=O) groups excluding carboxylic acids is 1. The Morgan fingerprint density at radius 1 is 1.00 bits per heavy atom. The molecule has 0 aliphatic heterocycles. The molecule has 2 N–H and O–H groups in total. The lowest BCUT2D eigenvalue weighted by molar-refractivity contribution is -0.116. The van der Waals surface area contributed by atoms with Gasteiger partial charge in [-0.1, -0.05) is 58.4 Å². The summed E-state index contributed by atoms with van der Waals surface area (Å²) in [5, 5.41) is 4.16. The standard InChI is InChI=1S/C18H17BrN2O2S/c19-17-9-6-16(7-10-17)8-11-18(22)20-14-21-24(23)13-12-15-4-2-1-3-5-15/h1-13,21H,14H2,(H,20,22)/b11-8+,13-12+. The first kappa shape index (κ1) is 18.3. The minimum Gasteiger partial charge on any atom is -0.339 e. The van der Waals surface area contributed by atoms with Crippen molar-refractivity contribution in [2.24, 2.45) is 0 Å². The van der Waals surface area contributed by atoms with Crippen LogP contribution >= 0.6 is 15.9 Å². The Bertz CT molecular complexity index is 743. The lowest BCUT2D eigenvalue weighted by Gasteiger charge is -2.02. The predicted octanol–water partition coefficient (Wildman–Crippen LogP) is 3.46. The molecule has 0 aliphatic rings. The second-order valence-electron chi connectivity index (χ2n) is 4.76. The Kier molecular flexibility index (Phi) is 7.61.